The minimum Gasteiger partial charge on any atom is -0.477 e. The van der Waals surface area contributed by atoms with Crippen LogP contribution in [-0.4, -0.2) is 26.6 Å². The van der Waals surface area contributed by atoms with Gasteiger partial charge in [0.25, 0.3) is 5.91 Å². The molecule has 0 atom stereocenters. The Morgan fingerprint density at radius 3 is 2.79 bits per heavy atom. The average molecular weight is 297 g/mol. The normalized spacial score (nSPS) is 10.4. The van der Waals surface area contributed by atoms with Crippen LogP contribution in [0.3, 0.4) is 0 Å². The number of aryl methyl sites for hydroxylation is 2. The fourth-order valence-electron chi connectivity index (χ4n) is 1.54. The van der Waals surface area contributed by atoms with Crippen LogP contribution in [0.4, 0.5) is 5.69 Å². The molecule has 0 unspecified atom stereocenters. The molecule has 100 valence electrons. The summed E-state index contributed by atoms with van der Waals surface area (Å²) in [6, 6.07) is 0. The largest absolute Gasteiger partial charge is 0.477 e. The molecule has 0 saturated heterocycles. The van der Waals surface area contributed by atoms with E-state index in [2.05, 4.69) is 14.9 Å². The Labute approximate surface area is 117 Å². The van der Waals surface area contributed by atoms with Crippen molar-refractivity contribution in [3.63, 3.8) is 0 Å². The molecule has 2 N–H and O–H groups in total. The lowest BCUT2D eigenvalue weighted by Gasteiger charge is -2.05. The highest BCUT2D eigenvalue weighted by atomic mass is 32.1. The predicted molar refractivity (Wildman–Crippen MR) is 73.3 cm³/mol. The number of carboxylic acids is 1. The maximum absolute atomic E-state index is 12.1. The molecule has 0 fully saturated rings. The molecule has 8 heteroatoms. The third kappa shape index (κ3) is 2.64. The average Bonchev–Trinajstić information content (AvgIpc) is 2.96. The third-order valence-electron chi connectivity index (χ3n) is 2.50. The van der Waals surface area contributed by atoms with Gasteiger partial charge in [0, 0.05) is 0 Å². The van der Waals surface area contributed by atoms with Crippen molar-refractivity contribution in [2.45, 2.75) is 20.3 Å². The third-order valence-corrected chi connectivity index (χ3v) is 4.36. The molecule has 2 aromatic heterocycles. The fraction of sp³-hybridized carbons (Fsp3) is 0.273. The minimum atomic E-state index is -1.05. The maximum Gasteiger partial charge on any atom is 0.348 e. The monoisotopic (exact) mass is 297 g/mol. The van der Waals surface area contributed by atoms with E-state index in [9.17, 15) is 9.59 Å². The van der Waals surface area contributed by atoms with Crippen molar-refractivity contribution in [3.8, 4) is 0 Å². The SMILES string of the molecule is CCc1nnsc1C(=O)Nc1c(C)csc1C(=O)O. The lowest BCUT2D eigenvalue weighted by molar-refractivity contribution is 0.0703. The number of hydrogen-bond donors (Lipinski definition) is 2. The van der Waals surface area contributed by atoms with Gasteiger partial charge in [-0.3, -0.25) is 4.79 Å². The molecule has 2 aromatic rings. The number of nitrogens with zero attached hydrogens (tertiary/aromatic N) is 2. The van der Waals surface area contributed by atoms with Gasteiger partial charge < -0.3 is 10.4 Å². The fourth-order valence-corrected chi connectivity index (χ4v) is 3.03. The summed E-state index contributed by atoms with van der Waals surface area (Å²) in [7, 11) is 0. The topological polar surface area (TPSA) is 92.2 Å². The van der Waals surface area contributed by atoms with Crippen LogP contribution < -0.4 is 5.32 Å². The lowest BCUT2D eigenvalue weighted by atomic mass is 10.2. The zero-order valence-corrected chi connectivity index (χ0v) is 11.9. The van der Waals surface area contributed by atoms with Crippen LogP contribution in [0.5, 0.6) is 0 Å². The van der Waals surface area contributed by atoms with Gasteiger partial charge in [0.15, 0.2) is 0 Å². The van der Waals surface area contributed by atoms with Crippen LogP contribution in [0.1, 0.15) is 37.5 Å². The van der Waals surface area contributed by atoms with Crippen molar-refractivity contribution in [2.75, 3.05) is 5.32 Å². The first kappa shape index (κ1) is 13.6. The first-order valence-corrected chi connectivity index (χ1v) is 7.13. The second-order valence-corrected chi connectivity index (χ2v) is 5.42. The van der Waals surface area contributed by atoms with E-state index in [1.165, 1.54) is 0 Å². The molecule has 0 spiro atoms. The van der Waals surface area contributed by atoms with Gasteiger partial charge in [0.1, 0.15) is 9.75 Å². The molecule has 2 heterocycles. The van der Waals surface area contributed by atoms with Gasteiger partial charge in [-0.1, -0.05) is 11.4 Å². The Morgan fingerprint density at radius 1 is 1.42 bits per heavy atom. The molecule has 0 aromatic carbocycles. The molecule has 0 radical (unpaired) electrons. The van der Waals surface area contributed by atoms with Gasteiger partial charge in [-0.05, 0) is 35.8 Å². The van der Waals surface area contributed by atoms with Gasteiger partial charge in [-0.15, -0.1) is 16.4 Å². The number of carboxylic acid groups (broad SMARTS) is 1. The highest BCUT2D eigenvalue weighted by Gasteiger charge is 2.20. The van der Waals surface area contributed by atoms with Gasteiger partial charge in [-0.25, -0.2) is 4.79 Å². The summed E-state index contributed by atoms with van der Waals surface area (Å²) in [5.41, 5.74) is 1.69. The van der Waals surface area contributed by atoms with Crippen molar-refractivity contribution in [1.82, 2.24) is 9.59 Å². The Kier molecular flexibility index (Phi) is 3.91. The molecular formula is C11H11N3O3S2. The number of carbonyl (C=O) groups is 2. The summed E-state index contributed by atoms with van der Waals surface area (Å²) >= 11 is 2.10. The van der Waals surface area contributed by atoms with Crippen LogP contribution in [0, 0.1) is 6.92 Å². The van der Waals surface area contributed by atoms with E-state index >= 15 is 0 Å². The van der Waals surface area contributed by atoms with Crippen LogP contribution in [0.25, 0.3) is 0 Å². The zero-order valence-electron chi connectivity index (χ0n) is 10.3. The quantitative estimate of drug-likeness (QED) is 0.904. The molecular weight excluding hydrogens is 286 g/mol. The molecule has 0 bridgehead atoms. The van der Waals surface area contributed by atoms with Crippen LogP contribution in [0.2, 0.25) is 0 Å². The summed E-state index contributed by atoms with van der Waals surface area (Å²) in [5, 5.41) is 17.3. The Balaban J connectivity index is 2.29. The number of anilines is 1. The molecule has 0 aliphatic heterocycles. The van der Waals surface area contributed by atoms with E-state index in [1.807, 2.05) is 6.92 Å². The summed E-state index contributed by atoms with van der Waals surface area (Å²) in [6.45, 7) is 3.64. The molecule has 6 nitrogen and oxygen atoms in total. The number of aromatic carboxylic acids is 1. The number of thiophene rings is 1. The van der Waals surface area contributed by atoms with Crippen molar-refractivity contribution in [2.24, 2.45) is 0 Å². The number of hydrogen-bond acceptors (Lipinski definition) is 6. The number of amides is 1. The highest BCUT2D eigenvalue weighted by Crippen LogP contribution is 2.28. The minimum absolute atomic E-state index is 0.126. The number of rotatable bonds is 4. The van der Waals surface area contributed by atoms with Gasteiger partial charge >= 0.3 is 5.97 Å². The number of nitrogens with one attached hydrogen (secondary N) is 1. The van der Waals surface area contributed by atoms with Crippen LogP contribution >= 0.6 is 22.9 Å². The summed E-state index contributed by atoms with van der Waals surface area (Å²) in [6.07, 6.45) is 0.605. The van der Waals surface area contributed by atoms with Crippen LogP contribution in [-0.2, 0) is 6.42 Å². The van der Waals surface area contributed by atoms with Crippen LogP contribution in [0.15, 0.2) is 5.38 Å². The summed E-state index contributed by atoms with van der Waals surface area (Å²) in [5.74, 6) is -1.41. The standard InChI is InChI=1S/C11H11N3O3S2/c1-3-6-8(19-14-13-6)10(15)12-7-5(2)4-18-9(7)11(16)17/h4H,3H2,1-2H3,(H,12,15)(H,16,17). The van der Waals surface area contributed by atoms with Gasteiger partial charge in [0.2, 0.25) is 0 Å². The van der Waals surface area contributed by atoms with E-state index < -0.39 is 5.97 Å². The molecule has 1 amide bonds. The second-order valence-electron chi connectivity index (χ2n) is 3.78. The van der Waals surface area contributed by atoms with E-state index in [4.69, 9.17) is 5.11 Å². The summed E-state index contributed by atoms with van der Waals surface area (Å²) in [4.78, 5) is 23.7. The van der Waals surface area contributed by atoms with Gasteiger partial charge in [0.05, 0.1) is 11.4 Å². The second kappa shape index (κ2) is 5.45. The smallest absolute Gasteiger partial charge is 0.348 e. The van der Waals surface area contributed by atoms with Crippen molar-refractivity contribution >= 4 is 40.4 Å². The van der Waals surface area contributed by atoms with E-state index in [0.717, 1.165) is 28.4 Å². The Bertz CT molecular complexity index is 633. The first-order chi connectivity index (χ1) is 9.04. The molecule has 0 aliphatic carbocycles. The highest BCUT2D eigenvalue weighted by molar-refractivity contribution is 7.12. The summed E-state index contributed by atoms with van der Waals surface area (Å²) < 4.78 is 3.74. The lowest BCUT2D eigenvalue weighted by Crippen LogP contribution is -2.14. The number of carbonyl (C=O) groups excluding carboxylic acids is 1. The predicted octanol–water partition coefficient (Wildman–Crippen LogP) is 2.42. The molecule has 0 saturated carbocycles. The number of aromatic nitrogens is 2. The van der Waals surface area contributed by atoms with E-state index in [-0.39, 0.29) is 10.8 Å². The maximum atomic E-state index is 12.1. The van der Waals surface area contributed by atoms with Crippen molar-refractivity contribution in [3.05, 3.63) is 26.4 Å². The molecule has 0 aliphatic rings. The van der Waals surface area contributed by atoms with Crippen molar-refractivity contribution < 1.29 is 14.7 Å². The Morgan fingerprint density at radius 2 is 2.16 bits per heavy atom. The van der Waals surface area contributed by atoms with Crippen molar-refractivity contribution in [1.29, 1.82) is 0 Å². The van der Waals surface area contributed by atoms with Gasteiger partial charge in [-0.2, -0.15) is 0 Å². The van der Waals surface area contributed by atoms with E-state index in [1.54, 1.807) is 12.3 Å². The Hall–Kier alpha value is -1.80. The first-order valence-electron chi connectivity index (χ1n) is 5.48. The molecule has 19 heavy (non-hydrogen) atoms. The zero-order chi connectivity index (χ0) is 14.0. The molecule has 2 rings (SSSR count). The van der Waals surface area contributed by atoms with E-state index in [0.29, 0.717) is 22.7 Å².